The van der Waals surface area contributed by atoms with E-state index in [9.17, 15) is 10.1 Å². The van der Waals surface area contributed by atoms with Crippen molar-refractivity contribution in [2.45, 2.75) is 6.61 Å². The third kappa shape index (κ3) is 2.94. The molecule has 0 fully saturated rings. The average Bonchev–Trinajstić information content (AvgIpc) is 2.46. The highest BCUT2D eigenvalue weighted by Gasteiger charge is 2.15. The lowest BCUT2D eigenvalue weighted by Gasteiger charge is -2.08. The normalized spacial score (nSPS) is 10.1. The number of nitrogen functional groups attached to an aromatic ring is 1. The fourth-order valence-corrected chi connectivity index (χ4v) is 1.64. The number of nitro benzene ring substituents is 1. The second kappa shape index (κ2) is 5.87. The molecule has 7 heteroatoms. The Hall–Kier alpha value is -2.83. The molecule has 0 bridgehead atoms. The van der Waals surface area contributed by atoms with Gasteiger partial charge in [0, 0.05) is 11.8 Å². The number of methoxy groups -OCH3 is 1. The van der Waals surface area contributed by atoms with Crippen LogP contribution in [-0.2, 0) is 6.61 Å². The second-order valence-corrected chi connectivity index (χ2v) is 3.93. The highest BCUT2D eigenvalue weighted by Crippen LogP contribution is 2.31. The number of rotatable bonds is 5. The number of aromatic nitrogens is 1. The van der Waals surface area contributed by atoms with Crippen molar-refractivity contribution in [3.8, 4) is 11.5 Å². The van der Waals surface area contributed by atoms with Gasteiger partial charge < -0.3 is 15.2 Å². The lowest BCUT2D eigenvalue weighted by atomic mass is 10.2. The molecule has 2 N–H and O–H groups in total. The zero-order chi connectivity index (χ0) is 14.5. The molecule has 1 aromatic carbocycles. The van der Waals surface area contributed by atoms with Crippen LogP contribution in [0.25, 0.3) is 0 Å². The molecule has 0 radical (unpaired) electrons. The van der Waals surface area contributed by atoms with Crippen LogP contribution in [0.2, 0.25) is 0 Å². The molecule has 20 heavy (non-hydrogen) atoms. The zero-order valence-corrected chi connectivity index (χ0v) is 10.8. The second-order valence-electron chi connectivity index (χ2n) is 3.93. The molecule has 2 aromatic rings. The van der Waals surface area contributed by atoms with Gasteiger partial charge in [0.2, 0.25) is 0 Å². The first-order valence-electron chi connectivity index (χ1n) is 5.76. The Labute approximate surface area is 115 Å². The van der Waals surface area contributed by atoms with E-state index in [1.54, 1.807) is 24.4 Å². The third-order valence-electron chi connectivity index (χ3n) is 2.67. The number of hydrogen-bond donors (Lipinski definition) is 1. The topological polar surface area (TPSA) is 101 Å². The molecular weight excluding hydrogens is 262 g/mol. The minimum absolute atomic E-state index is 0.149. The molecule has 0 amide bonds. The Morgan fingerprint density at radius 3 is 2.85 bits per heavy atom. The van der Waals surface area contributed by atoms with Crippen molar-refractivity contribution in [3.05, 3.63) is 52.2 Å². The summed E-state index contributed by atoms with van der Waals surface area (Å²) in [5.74, 6) is 0.916. The van der Waals surface area contributed by atoms with E-state index in [1.165, 1.54) is 19.2 Å². The number of ether oxygens (including phenoxy) is 2. The Morgan fingerprint density at radius 1 is 1.40 bits per heavy atom. The van der Waals surface area contributed by atoms with Crippen LogP contribution in [0.1, 0.15) is 5.56 Å². The van der Waals surface area contributed by atoms with Crippen molar-refractivity contribution < 1.29 is 14.4 Å². The number of nitrogens with two attached hydrogens (primary N) is 1. The summed E-state index contributed by atoms with van der Waals surface area (Å²) in [5.41, 5.74) is 6.25. The van der Waals surface area contributed by atoms with E-state index in [4.69, 9.17) is 15.2 Å². The van der Waals surface area contributed by atoms with Crippen LogP contribution in [0.5, 0.6) is 11.5 Å². The molecule has 0 unspecified atom stereocenters. The Balaban J connectivity index is 2.16. The molecule has 1 aromatic heterocycles. The smallest absolute Gasteiger partial charge is 0.314 e. The minimum Gasteiger partial charge on any atom is -0.490 e. The van der Waals surface area contributed by atoms with Crippen molar-refractivity contribution in [1.29, 1.82) is 0 Å². The van der Waals surface area contributed by atoms with Gasteiger partial charge in [-0.1, -0.05) is 6.07 Å². The van der Waals surface area contributed by atoms with Crippen LogP contribution in [-0.4, -0.2) is 17.0 Å². The van der Waals surface area contributed by atoms with Gasteiger partial charge in [0.25, 0.3) is 0 Å². The van der Waals surface area contributed by atoms with Gasteiger partial charge in [0.1, 0.15) is 18.2 Å². The first-order valence-corrected chi connectivity index (χ1v) is 5.76. The molecule has 2 rings (SSSR count). The minimum atomic E-state index is -0.524. The summed E-state index contributed by atoms with van der Waals surface area (Å²) in [4.78, 5) is 14.3. The number of nitrogens with zero attached hydrogens (tertiary/aromatic N) is 2. The maximum absolute atomic E-state index is 10.9. The fourth-order valence-electron chi connectivity index (χ4n) is 1.64. The van der Waals surface area contributed by atoms with E-state index in [1.807, 2.05) is 0 Å². The van der Waals surface area contributed by atoms with Gasteiger partial charge in [0.15, 0.2) is 5.75 Å². The van der Waals surface area contributed by atoms with Gasteiger partial charge >= 0.3 is 5.69 Å². The Kier molecular flexibility index (Phi) is 3.99. The van der Waals surface area contributed by atoms with Gasteiger partial charge in [-0.05, 0) is 18.2 Å². The first-order chi connectivity index (χ1) is 9.61. The van der Waals surface area contributed by atoms with E-state index >= 15 is 0 Å². The fraction of sp³-hybridized carbons (Fsp3) is 0.154. The van der Waals surface area contributed by atoms with E-state index in [0.717, 1.165) is 0 Å². The summed E-state index contributed by atoms with van der Waals surface area (Å²) in [6.07, 6.45) is 1.58. The standard InChI is InChI=1S/C13H13N3O4/c1-19-12-5-4-10(7-11(12)16(17)18)20-8-9-3-2-6-15-13(9)14/h2-7H,8H2,1H3,(H2,14,15). The van der Waals surface area contributed by atoms with Crippen LogP contribution < -0.4 is 15.2 Å². The van der Waals surface area contributed by atoms with Crippen molar-refractivity contribution in [3.63, 3.8) is 0 Å². The highest BCUT2D eigenvalue weighted by atomic mass is 16.6. The summed E-state index contributed by atoms with van der Waals surface area (Å²) >= 11 is 0. The molecule has 0 saturated heterocycles. The van der Waals surface area contributed by atoms with Gasteiger partial charge in [-0.3, -0.25) is 10.1 Å². The summed E-state index contributed by atoms with van der Waals surface area (Å²) in [6, 6.07) is 7.91. The Bertz CT molecular complexity index is 631. The van der Waals surface area contributed by atoms with E-state index < -0.39 is 4.92 Å². The number of benzene rings is 1. The monoisotopic (exact) mass is 275 g/mol. The van der Waals surface area contributed by atoms with Crippen LogP contribution in [0.15, 0.2) is 36.5 Å². The summed E-state index contributed by atoms with van der Waals surface area (Å²) < 4.78 is 10.4. The summed E-state index contributed by atoms with van der Waals surface area (Å²) in [6.45, 7) is 0.184. The van der Waals surface area contributed by atoms with E-state index in [-0.39, 0.29) is 18.0 Å². The molecule has 0 aliphatic carbocycles. The summed E-state index contributed by atoms with van der Waals surface area (Å²) in [5, 5.41) is 10.9. The van der Waals surface area contributed by atoms with E-state index in [2.05, 4.69) is 4.98 Å². The third-order valence-corrected chi connectivity index (χ3v) is 2.67. The summed E-state index contributed by atoms with van der Waals surface area (Å²) in [7, 11) is 1.37. The molecule has 0 atom stereocenters. The number of hydrogen-bond acceptors (Lipinski definition) is 6. The van der Waals surface area contributed by atoms with Gasteiger partial charge in [-0.15, -0.1) is 0 Å². The van der Waals surface area contributed by atoms with Crippen LogP contribution in [0.4, 0.5) is 11.5 Å². The van der Waals surface area contributed by atoms with Crippen molar-refractivity contribution in [1.82, 2.24) is 4.98 Å². The molecule has 104 valence electrons. The Morgan fingerprint density at radius 2 is 2.20 bits per heavy atom. The maximum Gasteiger partial charge on any atom is 0.314 e. The van der Waals surface area contributed by atoms with Crippen LogP contribution in [0.3, 0.4) is 0 Å². The predicted molar refractivity (Wildman–Crippen MR) is 72.6 cm³/mol. The largest absolute Gasteiger partial charge is 0.490 e. The highest BCUT2D eigenvalue weighted by molar-refractivity contribution is 5.51. The quantitative estimate of drug-likeness (QED) is 0.662. The molecular formula is C13H13N3O4. The number of pyridine rings is 1. The number of anilines is 1. The molecule has 0 aliphatic heterocycles. The maximum atomic E-state index is 10.9. The van der Waals surface area contributed by atoms with Gasteiger partial charge in [-0.2, -0.15) is 0 Å². The van der Waals surface area contributed by atoms with Crippen LogP contribution in [0, 0.1) is 10.1 Å². The lowest BCUT2D eigenvalue weighted by Crippen LogP contribution is -2.02. The van der Waals surface area contributed by atoms with Gasteiger partial charge in [0.05, 0.1) is 18.1 Å². The van der Waals surface area contributed by atoms with Crippen LogP contribution >= 0.6 is 0 Å². The van der Waals surface area contributed by atoms with Gasteiger partial charge in [-0.25, -0.2) is 4.98 Å². The molecule has 1 heterocycles. The molecule has 7 nitrogen and oxygen atoms in total. The SMILES string of the molecule is COc1ccc(OCc2cccnc2N)cc1[N+](=O)[O-]. The molecule has 0 saturated carbocycles. The zero-order valence-electron chi connectivity index (χ0n) is 10.8. The van der Waals surface area contributed by atoms with Crippen molar-refractivity contribution in [2.75, 3.05) is 12.8 Å². The van der Waals surface area contributed by atoms with Crippen molar-refractivity contribution >= 4 is 11.5 Å². The number of nitro groups is 1. The van der Waals surface area contributed by atoms with E-state index in [0.29, 0.717) is 17.1 Å². The molecule has 0 aliphatic rings. The predicted octanol–water partition coefficient (Wildman–Crippen LogP) is 2.16. The van der Waals surface area contributed by atoms with Crippen molar-refractivity contribution in [2.24, 2.45) is 0 Å². The molecule has 0 spiro atoms. The lowest BCUT2D eigenvalue weighted by molar-refractivity contribution is -0.385. The average molecular weight is 275 g/mol. The first kappa shape index (κ1) is 13.6.